The molecule has 5 nitrogen and oxygen atoms in total. The Hall–Kier alpha value is -2.11. The van der Waals surface area contributed by atoms with Crippen LogP contribution in [0.15, 0.2) is 18.2 Å². The smallest absolute Gasteiger partial charge is 0.152 e. The minimum atomic E-state index is -0.342. The van der Waals surface area contributed by atoms with Crippen molar-refractivity contribution in [2.45, 2.75) is 13.5 Å². The van der Waals surface area contributed by atoms with Gasteiger partial charge in [-0.05, 0) is 13.0 Å². The van der Waals surface area contributed by atoms with E-state index >= 15 is 0 Å². The molecule has 1 aromatic carbocycles. The minimum absolute atomic E-state index is 0.342. The molecule has 0 aliphatic heterocycles. The zero-order valence-electron chi connectivity index (χ0n) is 10.6. The molecular formula is C12H15FN4O. The summed E-state index contributed by atoms with van der Waals surface area (Å²) in [5, 5.41) is 11.1. The first kappa shape index (κ1) is 12.3. The number of aromatic nitrogens is 3. The molecule has 2 aromatic rings. The van der Waals surface area contributed by atoms with Gasteiger partial charge in [0.15, 0.2) is 5.82 Å². The summed E-state index contributed by atoms with van der Waals surface area (Å²) in [6, 6.07) is 4.47. The van der Waals surface area contributed by atoms with Gasteiger partial charge in [-0.25, -0.2) is 4.39 Å². The highest BCUT2D eigenvalue weighted by atomic mass is 19.1. The van der Waals surface area contributed by atoms with Crippen LogP contribution >= 0.6 is 0 Å². The Balaban J connectivity index is 2.10. The van der Waals surface area contributed by atoms with Gasteiger partial charge in [-0.3, -0.25) is 0 Å². The summed E-state index contributed by atoms with van der Waals surface area (Å²) >= 11 is 0. The van der Waals surface area contributed by atoms with Crippen LogP contribution in [0.4, 0.5) is 10.1 Å². The number of hydrogen-bond acceptors (Lipinski definition) is 4. The van der Waals surface area contributed by atoms with E-state index in [1.54, 1.807) is 6.07 Å². The predicted octanol–water partition coefficient (Wildman–Crippen LogP) is 1.88. The fourth-order valence-electron chi connectivity index (χ4n) is 1.57. The summed E-state index contributed by atoms with van der Waals surface area (Å²) < 4.78 is 20.2. The molecule has 0 radical (unpaired) electrons. The normalized spacial score (nSPS) is 10.4. The van der Waals surface area contributed by atoms with Gasteiger partial charge in [0, 0.05) is 24.9 Å². The average molecular weight is 250 g/mol. The molecule has 1 aromatic heterocycles. The van der Waals surface area contributed by atoms with E-state index in [1.165, 1.54) is 19.2 Å². The first-order chi connectivity index (χ1) is 8.60. The topological polar surface area (TPSA) is 52.0 Å². The Kier molecular flexibility index (Phi) is 3.45. The van der Waals surface area contributed by atoms with Gasteiger partial charge in [-0.1, -0.05) is 0 Å². The van der Waals surface area contributed by atoms with E-state index in [4.69, 9.17) is 4.74 Å². The molecule has 0 aliphatic rings. The first-order valence-corrected chi connectivity index (χ1v) is 5.53. The van der Waals surface area contributed by atoms with Gasteiger partial charge in [-0.2, -0.15) is 0 Å². The number of rotatable bonds is 4. The van der Waals surface area contributed by atoms with Crippen molar-refractivity contribution < 1.29 is 9.13 Å². The highest BCUT2D eigenvalue weighted by Crippen LogP contribution is 2.20. The largest absolute Gasteiger partial charge is 0.497 e. The fraction of sp³-hybridized carbons (Fsp3) is 0.333. The molecule has 0 unspecified atom stereocenters. The summed E-state index contributed by atoms with van der Waals surface area (Å²) in [4.78, 5) is 0. The maximum absolute atomic E-state index is 13.3. The van der Waals surface area contributed by atoms with Gasteiger partial charge in [0.1, 0.15) is 17.4 Å². The van der Waals surface area contributed by atoms with Gasteiger partial charge >= 0.3 is 0 Å². The Bertz CT molecular complexity index is 553. The van der Waals surface area contributed by atoms with Gasteiger partial charge in [0.25, 0.3) is 0 Å². The first-order valence-electron chi connectivity index (χ1n) is 5.53. The summed E-state index contributed by atoms with van der Waals surface area (Å²) in [6.07, 6.45) is 0. The maximum Gasteiger partial charge on any atom is 0.152 e. The third kappa shape index (κ3) is 2.58. The summed E-state index contributed by atoms with van der Waals surface area (Å²) in [5.74, 6) is 1.76. The highest BCUT2D eigenvalue weighted by Gasteiger charge is 2.05. The maximum atomic E-state index is 13.3. The molecule has 0 spiro atoms. The van der Waals surface area contributed by atoms with E-state index in [9.17, 15) is 4.39 Å². The molecule has 2 rings (SSSR count). The Labute approximate surface area is 105 Å². The molecule has 1 heterocycles. The number of nitrogens with zero attached hydrogens (tertiary/aromatic N) is 3. The van der Waals surface area contributed by atoms with E-state index in [2.05, 4.69) is 15.5 Å². The predicted molar refractivity (Wildman–Crippen MR) is 66.0 cm³/mol. The van der Waals surface area contributed by atoms with Gasteiger partial charge in [0.2, 0.25) is 0 Å². The zero-order valence-corrected chi connectivity index (χ0v) is 10.6. The van der Waals surface area contributed by atoms with Crippen LogP contribution in [0.25, 0.3) is 0 Å². The van der Waals surface area contributed by atoms with Crippen LogP contribution in [0.5, 0.6) is 5.75 Å². The van der Waals surface area contributed by atoms with Crippen LogP contribution in [0.1, 0.15) is 11.6 Å². The van der Waals surface area contributed by atoms with Gasteiger partial charge in [-0.15, -0.1) is 10.2 Å². The highest BCUT2D eigenvalue weighted by molar-refractivity contribution is 5.48. The number of ether oxygens (including phenoxy) is 1. The SMILES string of the molecule is COc1cc(F)cc(NCc2nnc(C)n2C)c1. The van der Waals surface area contributed by atoms with E-state index in [0.29, 0.717) is 18.0 Å². The van der Waals surface area contributed by atoms with E-state index < -0.39 is 0 Å². The molecule has 1 N–H and O–H groups in total. The summed E-state index contributed by atoms with van der Waals surface area (Å²) in [6.45, 7) is 2.35. The Morgan fingerprint density at radius 2 is 2.11 bits per heavy atom. The van der Waals surface area contributed by atoms with Crippen molar-refractivity contribution in [3.63, 3.8) is 0 Å². The molecule has 0 amide bonds. The molecule has 6 heteroatoms. The quantitative estimate of drug-likeness (QED) is 0.900. The number of nitrogens with one attached hydrogen (secondary N) is 1. The summed E-state index contributed by atoms with van der Waals surface area (Å²) in [5.41, 5.74) is 0.646. The van der Waals surface area contributed by atoms with Crippen molar-refractivity contribution in [1.82, 2.24) is 14.8 Å². The van der Waals surface area contributed by atoms with Crippen molar-refractivity contribution in [1.29, 1.82) is 0 Å². The number of aryl methyl sites for hydroxylation is 1. The number of benzene rings is 1. The van der Waals surface area contributed by atoms with Crippen LogP contribution in [0.3, 0.4) is 0 Å². The molecule has 0 saturated carbocycles. The van der Waals surface area contributed by atoms with Crippen molar-refractivity contribution in [2.24, 2.45) is 7.05 Å². The van der Waals surface area contributed by atoms with Crippen LogP contribution in [-0.2, 0) is 13.6 Å². The third-order valence-corrected chi connectivity index (χ3v) is 2.74. The van der Waals surface area contributed by atoms with Crippen molar-refractivity contribution in [2.75, 3.05) is 12.4 Å². The molecule has 0 fully saturated rings. The van der Waals surface area contributed by atoms with Gasteiger partial charge in [0.05, 0.1) is 13.7 Å². The van der Waals surface area contributed by atoms with Crippen molar-refractivity contribution in [3.8, 4) is 5.75 Å². The minimum Gasteiger partial charge on any atom is -0.497 e. The lowest BCUT2D eigenvalue weighted by atomic mass is 10.3. The number of hydrogen-bond donors (Lipinski definition) is 1. The molecule has 96 valence electrons. The second-order valence-electron chi connectivity index (χ2n) is 3.96. The number of methoxy groups -OCH3 is 1. The summed E-state index contributed by atoms with van der Waals surface area (Å²) in [7, 11) is 3.39. The average Bonchev–Trinajstić information content (AvgIpc) is 2.67. The molecule has 0 atom stereocenters. The fourth-order valence-corrected chi connectivity index (χ4v) is 1.57. The molecular weight excluding hydrogens is 235 g/mol. The van der Waals surface area contributed by atoms with Crippen molar-refractivity contribution >= 4 is 5.69 Å². The van der Waals surface area contributed by atoms with Crippen LogP contribution in [0, 0.1) is 12.7 Å². The standard InChI is InChI=1S/C12H15FN4O/c1-8-15-16-12(17(8)2)7-14-10-4-9(13)5-11(6-10)18-3/h4-6,14H,7H2,1-3H3. The number of halogens is 1. The van der Waals surface area contributed by atoms with Gasteiger partial charge < -0.3 is 14.6 Å². The lowest BCUT2D eigenvalue weighted by Crippen LogP contribution is -2.07. The third-order valence-electron chi connectivity index (χ3n) is 2.74. The van der Waals surface area contributed by atoms with Crippen LogP contribution < -0.4 is 10.1 Å². The van der Waals surface area contributed by atoms with Crippen LogP contribution in [-0.4, -0.2) is 21.9 Å². The lowest BCUT2D eigenvalue weighted by molar-refractivity contribution is 0.411. The monoisotopic (exact) mass is 250 g/mol. The second-order valence-corrected chi connectivity index (χ2v) is 3.96. The van der Waals surface area contributed by atoms with Crippen LogP contribution in [0.2, 0.25) is 0 Å². The van der Waals surface area contributed by atoms with Crippen molar-refractivity contribution in [3.05, 3.63) is 35.7 Å². The molecule has 0 aliphatic carbocycles. The number of anilines is 1. The van der Waals surface area contributed by atoms with E-state index in [-0.39, 0.29) is 5.82 Å². The molecule has 18 heavy (non-hydrogen) atoms. The van der Waals surface area contributed by atoms with E-state index in [1.807, 2.05) is 18.5 Å². The van der Waals surface area contributed by atoms with E-state index in [0.717, 1.165) is 11.6 Å². The zero-order chi connectivity index (χ0) is 13.1. The molecule has 0 bridgehead atoms. The lowest BCUT2D eigenvalue weighted by Gasteiger charge is -2.08. The Morgan fingerprint density at radius 1 is 1.33 bits per heavy atom. The molecule has 0 saturated heterocycles. The Morgan fingerprint density at radius 3 is 2.72 bits per heavy atom. The second kappa shape index (κ2) is 5.03.